The molecule has 0 aliphatic carbocycles. The van der Waals surface area contributed by atoms with Crippen LogP contribution in [0.15, 0.2) is 42.5 Å². The molecule has 0 bridgehead atoms. The van der Waals surface area contributed by atoms with Gasteiger partial charge in [0.25, 0.3) is 0 Å². The second-order valence-electron chi connectivity index (χ2n) is 4.16. The van der Waals surface area contributed by atoms with Crippen LogP contribution in [0.2, 0.25) is 0 Å². The minimum atomic E-state index is -0.995. The molecular weight excluding hydrogens is 234 g/mol. The first-order chi connectivity index (χ1) is 8.58. The quantitative estimate of drug-likeness (QED) is 0.755. The summed E-state index contributed by atoms with van der Waals surface area (Å²) in [5.41, 5.74) is 2.10. The molecule has 1 nitrogen and oxygen atoms in total. The van der Waals surface area contributed by atoms with Crippen molar-refractivity contribution in [2.75, 3.05) is 0 Å². The fourth-order valence-electron chi connectivity index (χ4n) is 1.75. The summed E-state index contributed by atoms with van der Waals surface area (Å²) < 4.78 is 25.8. The molecule has 0 amide bonds. The van der Waals surface area contributed by atoms with Crippen molar-refractivity contribution in [3.63, 3.8) is 0 Å². The van der Waals surface area contributed by atoms with E-state index in [0.717, 1.165) is 23.3 Å². The molecule has 0 radical (unpaired) electrons. The van der Waals surface area contributed by atoms with Gasteiger partial charge in [-0.2, -0.15) is 0 Å². The summed E-state index contributed by atoms with van der Waals surface area (Å²) in [6.45, 7) is 1.91. The fraction of sp³-hybridized carbons (Fsp3) is 0.133. The lowest BCUT2D eigenvalue weighted by atomic mass is 9.99. The van der Waals surface area contributed by atoms with Crippen molar-refractivity contribution >= 4 is 5.78 Å². The van der Waals surface area contributed by atoms with E-state index < -0.39 is 11.6 Å². The fourth-order valence-corrected chi connectivity index (χ4v) is 1.75. The molecular formula is C15H12F2O. The molecule has 3 heteroatoms. The first-order valence-electron chi connectivity index (χ1n) is 5.60. The van der Waals surface area contributed by atoms with Gasteiger partial charge >= 0.3 is 0 Å². The van der Waals surface area contributed by atoms with E-state index in [2.05, 4.69) is 0 Å². The van der Waals surface area contributed by atoms with Crippen LogP contribution >= 0.6 is 0 Å². The molecule has 0 saturated heterocycles. The topological polar surface area (TPSA) is 17.1 Å². The minimum absolute atomic E-state index is 0.192. The molecule has 0 atom stereocenters. The second-order valence-corrected chi connectivity index (χ2v) is 4.16. The van der Waals surface area contributed by atoms with Gasteiger partial charge in [-0.25, -0.2) is 8.78 Å². The Balaban J connectivity index is 2.22. The number of rotatable bonds is 3. The summed E-state index contributed by atoms with van der Waals surface area (Å²) in [4.78, 5) is 11.9. The van der Waals surface area contributed by atoms with E-state index in [0.29, 0.717) is 0 Å². The Morgan fingerprint density at radius 2 is 1.78 bits per heavy atom. The van der Waals surface area contributed by atoms with Crippen LogP contribution in [-0.4, -0.2) is 5.78 Å². The first-order valence-corrected chi connectivity index (χ1v) is 5.60. The van der Waals surface area contributed by atoms with Gasteiger partial charge in [-0.1, -0.05) is 24.3 Å². The minimum Gasteiger partial charge on any atom is -0.294 e. The molecule has 18 heavy (non-hydrogen) atoms. The number of benzene rings is 2. The number of carbonyl (C=O) groups is 1. The zero-order valence-electron chi connectivity index (χ0n) is 9.91. The Kier molecular flexibility index (Phi) is 3.51. The Morgan fingerprint density at radius 1 is 1.06 bits per heavy atom. The molecule has 0 unspecified atom stereocenters. The number of ketones is 1. The molecule has 0 fully saturated rings. The van der Waals surface area contributed by atoms with E-state index in [4.69, 9.17) is 0 Å². The van der Waals surface area contributed by atoms with Crippen LogP contribution in [0.25, 0.3) is 0 Å². The molecule has 2 aromatic carbocycles. The van der Waals surface area contributed by atoms with Crippen LogP contribution in [0.4, 0.5) is 8.78 Å². The summed E-state index contributed by atoms with van der Waals surface area (Å²) in [7, 11) is 0. The summed E-state index contributed by atoms with van der Waals surface area (Å²) in [6, 6.07) is 10.7. The highest BCUT2D eigenvalue weighted by Crippen LogP contribution is 2.14. The summed E-state index contributed by atoms with van der Waals surface area (Å²) >= 11 is 0. The standard InChI is InChI=1S/C15H12F2O/c1-10-4-2-3-5-11(10)9-15(18)12-6-7-13(16)14(17)8-12/h2-8H,9H2,1H3. The molecule has 0 aliphatic rings. The van der Waals surface area contributed by atoms with Crippen molar-refractivity contribution < 1.29 is 13.6 Å². The largest absolute Gasteiger partial charge is 0.294 e. The number of hydrogen-bond acceptors (Lipinski definition) is 1. The van der Waals surface area contributed by atoms with Crippen molar-refractivity contribution in [3.8, 4) is 0 Å². The van der Waals surface area contributed by atoms with Gasteiger partial charge in [-0.15, -0.1) is 0 Å². The smallest absolute Gasteiger partial charge is 0.167 e. The molecule has 2 rings (SSSR count). The van der Waals surface area contributed by atoms with E-state index in [1.807, 2.05) is 31.2 Å². The normalized spacial score (nSPS) is 10.4. The maximum absolute atomic E-state index is 13.0. The molecule has 0 saturated carbocycles. The lowest BCUT2D eigenvalue weighted by molar-refractivity contribution is 0.0992. The van der Waals surface area contributed by atoms with E-state index in [1.165, 1.54) is 6.07 Å². The van der Waals surface area contributed by atoms with Gasteiger partial charge in [-0.3, -0.25) is 4.79 Å². The third-order valence-electron chi connectivity index (χ3n) is 2.85. The molecule has 0 spiro atoms. The molecule has 0 aliphatic heterocycles. The van der Waals surface area contributed by atoms with Crippen LogP contribution < -0.4 is 0 Å². The van der Waals surface area contributed by atoms with Crippen LogP contribution in [-0.2, 0) is 6.42 Å². The van der Waals surface area contributed by atoms with Crippen molar-refractivity contribution in [2.24, 2.45) is 0 Å². The Morgan fingerprint density at radius 3 is 2.44 bits per heavy atom. The third-order valence-corrected chi connectivity index (χ3v) is 2.85. The third kappa shape index (κ3) is 2.62. The number of hydrogen-bond donors (Lipinski definition) is 0. The van der Waals surface area contributed by atoms with Crippen molar-refractivity contribution in [2.45, 2.75) is 13.3 Å². The van der Waals surface area contributed by atoms with Crippen LogP contribution in [0, 0.1) is 18.6 Å². The van der Waals surface area contributed by atoms with E-state index in [-0.39, 0.29) is 17.8 Å². The molecule has 0 heterocycles. The predicted octanol–water partition coefficient (Wildman–Crippen LogP) is 3.70. The van der Waals surface area contributed by atoms with Crippen LogP contribution in [0.3, 0.4) is 0 Å². The Hall–Kier alpha value is -2.03. The predicted molar refractivity (Wildman–Crippen MR) is 65.6 cm³/mol. The number of halogens is 2. The van der Waals surface area contributed by atoms with Crippen LogP contribution in [0.1, 0.15) is 21.5 Å². The SMILES string of the molecule is Cc1ccccc1CC(=O)c1ccc(F)c(F)c1. The summed E-state index contributed by atoms with van der Waals surface area (Å²) in [5, 5.41) is 0. The molecule has 2 aromatic rings. The lowest BCUT2D eigenvalue weighted by Crippen LogP contribution is -2.05. The van der Waals surface area contributed by atoms with Gasteiger partial charge in [0.1, 0.15) is 0 Å². The Labute approximate surface area is 104 Å². The summed E-state index contributed by atoms with van der Waals surface area (Å²) in [6.07, 6.45) is 0.192. The highest BCUT2D eigenvalue weighted by atomic mass is 19.2. The van der Waals surface area contributed by atoms with Gasteiger partial charge in [0, 0.05) is 12.0 Å². The number of carbonyl (C=O) groups excluding carboxylic acids is 1. The molecule has 0 N–H and O–H groups in total. The van der Waals surface area contributed by atoms with Gasteiger partial charge in [-0.05, 0) is 36.2 Å². The summed E-state index contributed by atoms with van der Waals surface area (Å²) in [5.74, 6) is -2.16. The zero-order chi connectivity index (χ0) is 13.1. The van der Waals surface area contributed by atoms with E-state index >= 15 is 0 Å². The maximum atomic E-state index is 13.0. The van der Waals surface area contributed by atoms with Gasteiger partial charge in [0.15, 0.2) is 17.4 Å². The Bertz CT molecular complexity index is 591. The second kappa shape index (κ2) is 5.08. The average Bonchev–Trinajstić information content (AvgIpc) is 2.35. The van der Waals surface area contributed by atoms with Gasteiger partial charge in [0.2, 0.25) is 0 Å². The van der Waals surface area contributed by atoms with E-state index in [9.17, 15) is 13.6 Å². The highest BCUT2D eigenvalue weighted by Gasteiger charge is 2.11. The van der Waals surface area contributed by atoms with Crippen LogP contribution in [0.5, 0.6) is 0 Å². The van der Waals surface area contributed by atoms with Crippen molar-refractivity contribution in [1.82, 2.24) is 0 Å². The monoisotopic (exact) mass is 246 g/mol. The van der Waals surface area contributed by atoms with Gasteiger partial charge in [0.05, 0.1) is 0 Å². The number of Topliss-reactive ketones (excluding diaryl/α,β-unsaturated/α-hetero) is 1. The highest BCUT2D eigenvalue weighted by molar-refractivity contribution is 5.97. The first kappa shape index (κ1) is 12.4. The molecule has 92 valence electrons. The van der Waals surface area contributed by atoms with Gasteiger partial charge < -0.3 is 0 Å². The lowest BCUT2D eigenvalue weighted by Gasteiger charge is -2.05. The molecule has 0 aromatic heterocycles. The maximum Gasteiger partial charge on any atom is 0.167 e. The average molecular weight is 246 g/mol. The van der Waals surface area contributed by atoms with E-state index in [1.54, 1.807) is 0 Å². The van der Waals surface area contributed by atoms with Crippen molar-refractivity contribution in [3.05, 3.63) is 70.8 Å². The zero-order valence-corrected chi connectivity index (χ0v) is 9.91. The number of aryl methyl sites for hydroxylation is 1. The van der Waals surface area contributed by atoms with Crippen molar-refractivity contribution in [1.29, 1.82) is 0 Å².